The Balaban J connectivity index is 1.42. The highest BCUT2D eigenvalue weighted by molar-refractivity contribution is 9.10. The molecule has 2 aliphatic heterocycles. The number of rotatable bonds is 7. The molecule has 0 N–H and O–H groups in total. The van der Waals surface area contributed by atoms with Gasteiger partial charge in [-0.15, -0.1) is 0 Å². The van der Waals surface area contributed by atoms with Crippen LogP contribution in [0.1, 0.15) is 29.2 Å². The van der Waals surface area contributed by atoms with Gasteiger partial charge in [0.15, 0.2) is 0 Å². The van der Waals surface area contributed by atoms with Crippen molar-refractivity contribution >= 4 is 21.8 Å². The van der Waals surface area contributed by atoms with Gasteiger partial charge in [0.1, 0.15) is 17.0 Å². The predicted octanol–water partition coefficient (Wildman–Crippen LogP) is 6.60. The zero-order valence-corrected chi connectivity index (χ0v) is 23.6. The lowest BCUT2D eigenvalue weighted by molar-refractivity contribution is -0.194. The Morgan fingerprint density at radius 1 is 0.950 bits per heavy atom. The molecule has 40 heavy (non-hydrogen) atoms. The summed E-state index contributed by atoms with van der Waals surface area (Å²) in [4.78, 5) is 18.6. The van der Waals surface area contributed by atoms with Crippen LogP contribution in [-0.4, -0.2) is 36.9 Å². The quantitative estimate of drug-likeness (QED) is 0.224. The minimum Gasteiger partial charge on any atom is -0.372 e. The summed E-state index contributed by atoms with van der Waals surface area (Å²) in [5.74, 6) is -1.07. The number of ether oxygens (including phenoxy) is 2. The molecule has 6 rings (SSSR count). The summed E-state index contributed by atoms with van der Waals surface area (Å²) in [6, 6.07) is 35.1. The third-order valence-corrected chi connectivity index (χ3v) is 8.50. The van der Waals surface area contributed by atoms with Crippen molar-refractivity contribution in [1.29, 1.82) is 0 Å². The maximum atomic E-state index is 15.4. The fourth-order valence-corrected chi connectivity index (χ4v) is 6.58. The van der Waals surface area contributed by atoms with Gasteiger partial charge in [-0.2, -0.15) is 0 Å². The van der Waals surface area contributed by atoms with Crippen LogP contribution in [0.25, 0.3) is 0 Å². The summed E-state index contributed by atoms with van der Waals surface area (Å²) >= 11 is 3.47. The molecule has 2 saturated heterocycles. The van der Waals surface area contributed by atoms with Crippen LogP contribution in [0.15, 0.2) is 114 Å². The van der Waals surface area contributed by atoms with E-state index < -0.39 is 23.1 Å². The zero-order chi connectivity index (χ0) is 27.7. The molecule has 5 nitrogen and oxygen atoms in total. The van der Waals surface area contributed by atoms with E-state index in [9.17, 15) is 4.79 Å². The van der Waals surface area contributed by atoms with Crippen molar-refractivity contribution < 1.29 is 23.5 Å². The van der Waals surface area contributed by atoms with E-state index in [0.717, 1.165) is 16.7 Å². The third-order valence-electron chi connectivity index (χ3n) is 8.01. The van der Waals surface area contributed by atoms with Crippen LogP contribution >= 0.6 is 15.9 Å². The van der Waals surface area contributed by atoms with Crippen molar-refractivity contribution in [3.8, 4) is 0 Å². The molecule has 2 fully saturated rings. The van der Waals surface area contributed by atoms with Crippen molar-refractivity contribution in [2.24, 2.45) is 5.92 Å². The van der Waals surface area contributed by atoms with Gasteiger partial charge >= 0.3 is 0 Å². The Morgan fingerprint density at radius 3 is 2.02 bits per heavy atom. The third kappa shape index (κ3) is 4.38. The average Bonchev–Trinajstić information content (AvgIpc) is 3.55. The van der Waals surface area contributed by atoms with Crippen molar-refractivity contribution in [3.05, 3.63) is 142 Å². The summed E-state index contributed by atoms with van der Waals surface area (Å²) in [6.45, 7) is 1.91. The second kappa shape index (κ2) is 10.9. The van der Waals surface area contributed by atoms with Crippen molar-refractivity contribution in [2.75, 3.05) is 19.8 Å². The van der Waals surface area contributed by atoms with E-state index in [4.69, 9.17) is 14.3 Å². The SMILES string of the molecule is CC(=O)N1OC[C@@H]2[C@@H](COC(c3ccccc3)(c3ccccc3)c3ccccc3)OC[C@@]21c1cc(Br)ccc1F. The van der Waals surface area contributed by atoms with Gasteiger partial charge in [-0.25, -0.2) is 9.45 Å². The van der Waals surface area contributed by atoms with Crippen molar-refractivity contribution in [2.45, 2.75) is 24.2 Å². The molecule has 1 amide bonds. The van der Waals surface area contributed by atoms with Crippen LogP contribution in [0.5, 0.6) is 0 Å². The molecular formula is C33H29BrFNO4. The van der Waals surface area contributed by atoms with E-state index in [0.29, 0.717) is 10.0 Å². The lowest BCUT2D eigenvalue weighted by Gasteiger charge is -2.37. The van der Waals surface area contributed by atoms with Crippen LogP contribution < -0.4 is 0 Å². The Kier molecular flexibility index (Phi) is 7.31. The minimum atomic E-state index is -1.11. The molecule has 0 unspecified atom stereocenters. The number of nitrogens with zero attached hydrogens (tertiary/aromatic N) is 1. The number of carbonyl (C=O) groups is 1. The molecule has 3 atom stereocenters. The summed E-state index contributed by atoms with van der Waals surface area (Å²) in [5.41, 5.74) is 1.25. The maximum absolute atomic E-state index is 15.4. The van der Waals surface area contributed by atoms with Crippen molar-refractivity contribution in [3.63, 3.8) is 0 Å². The lowest BCUT2D eigenvalue weighted by atomic mass is 9.78. The Bertz CT molecular complexity index is 1390. The van der Waals surface area contributed by atoms with Gasteiger partial charge in [0, 0.05) is 22.9 Å². The van der Waals surface area contributed by atoms with Crippen LogP contribution in [0.4, 0.5) is 4.39 Å². The van der Waals surface area contributed by atoms with Gasteiger partial charge < -0.3 is 9.47 Å². The van der Waals surface area contributed by atoms with E-state index in [-0.39, 0.29) is 31.6 Å². The number of carbonyl (C=O) groups excluding carboxylic acids is 1. The highest BCUT2D eigenvalue weighted by Gasteiger charge is 2.62. The van der Waals surface area contributed by atoms with Crippen molar-refractivity contribution in [1.82, 2.24) is 5.06 Å². The second-order valence-corrected chi connectivity index (χ2v) is 11.1. The fraction of sp³-hybridized carbons (Fsp3) is 0.242. The molecule has 0 saturated carbocycles. The summed E-state index contributed by atoms with van der Waals surface area (Å²) in [5, 5.41) is 1.29. The summed E-state index contributed by atoms with van der Waals surface area (Å²) in [6.07, 6.45) is -0.460. The minimum absolute atomic E-state index is 0.0909. The van der Waals surface area contributed by atoms with E-state index >= 15 is 4.39 Å². The predicted molar refractivity (Wildman–Crippen MR) is 153 cm³/mol. The number of hydrogen-bond donors (Lipinski definition) is 0. The molecule has 2 heterocycles. The van der Waals surface area contributed by atoms with E-state index in [2.05, 4.69) is 52.3 Å². The first-order valence-electron chi connectivity index (χ1n) is 13.3. The van der Waals surface area contributed by atoms with E-state index in [1.807, 2.05) is 54.6 Å². The van der Waals surface area contributed by atoms with Crippen LogP contribution in [0, 0.1) is 11.7 Å². The molecular weight excluding hydrogens is 573 g/mol. The molecule has 0 radical (unpaired) electrons. The number of benzene rings is 4. The second-order valence-electron chi connectivity index (χ2n) is 10.2. The maximum Gasteiger partial charge on any atom is 0.243 e. The topological polar surface area (TPSA) is 48.0 Å². The summed E-state index contributed by atoms with van der Waals surface area (Å²) in [7, 11) is 0. The number of halogens is 2. The normalized spacial score (nSPS) is 22.3. The summed E-state index contributed by atoms with van der Waals surface area (Å²) < 4.78 is 29.5. The fourth-order valence-electron chi connectivity index (χ4n) is 6.22. The molecule has 0 bridgehead atoms. The zero-order valence-electron chi connectivity index (χ0n) is 22.0. The highest BCUT2D eigenvalue weighted by atomic mass is 79.9. The number of fused-ring (bicyclic) bond motifs is 1. The highest BCUT2D eigenvalue weighted by Crippen LogP contribution is 2.51. The molecule has 2 aliphatic rings. The van der Waals surface area contributed by atoms with Gasteiger partial charge in [-0.1, -0.05) is 107 Å². The molecule has 7 heteroatoms. The molecule has 0 spiro atoms. The molecule has 4 aromatic carbocycles. The molecule has 0 aliphatic carbocycles. The van der Waals surface area contributed by atoms with Crippen LogP contribution in [-0.2, 0) is 30.2 Å². The van der Waals surface area contributed by atoms with Crippen LogP contribution in [0.3, 0.4) is 0 Å². The first kappa shape index (κ1) is 26.8. The van der Waals surface area contributed by atoms with Gasteiger partial charge in [-0.05, 0) is 34.9 Å². The van der Waals surface area contributed by atoms with Crippen LogP contribution in [0.2, 0.25) is 0 Å². The number of hydrogen-bond acceptors (Lipinski definition) is 4. The van der Waals surface area contributed by atoms with Gasteiger partial charge in [0.25, 0.3) is 0 Å². The van der Waals surface area contributed by atoms with E-state index in [1.54, 1.807) is 12.1 Å². The van der Waals surface area contributed by atoms with Gasteiger partial charge in [-0.3, -0.25) is 9.63 Å². The van der Waals surface area contributed by atoms with Gasteiger partial charge in [0.2, 0.25) is 5.91 Å². The first-order chi connectivity index (χ1) is 19.5. The Morgan fingerprint density at radius 2 is 1.50 bits per heavy atom. The lowest BCUT2D eigenvalue weighted by Crippen LogP contribution is -2.48. The monoisotopic (exact) mass is 601 g/mol. The Labute approximate surface area is 241 Å². The smallest absolute Gasteiger partial charge is 0.243 e. The average molecular weight is 603 g/mol. The van der Waals surface area contributed by atoms with Gasteiger partial charge in [0.05, 0.1) is 25.9 Å². The molecule has 204 valence electrons. The molecule has 4 aromatic rings. The first-order valence-corrected chi connectivity index (χ1v) is 14.1. The Hall–Kier alpha value is -3.36. The largest absolute Gasteiger partial charge is 0.372 e. The standard InChI is InChI=1S/C33H29BrFNO4/c1-23(37)36-32(28-19-27(34)17-18-30(28)35)22-38-31(29(32)20-40-36)21-39-33(24-11-5-2-6-12-24,25-13-7-3-8-14-25)26-15-9-4-10-16-26/h2-19,29,31H,20-22H2,1H3/t29-,31-,32-/m1/s1. The van der Waals surface area contributed by atoms with E-state index in [1.165, 1.54) is 18.1 Å². The number of amides is 1. The number of hydroxylamine groups is 2. The molecule has 0 aromatic heterocycles.